The van der Waals surface area contributed by atoms with E-state index in [4.69, 9.17) is 0 Å². The molecular formula is C21H23F3N6O3S. The number of hydrogen-bond acceptors (Lipinski definition) is 7. The Morgan fingerprint density at radius 2 is 1.74 bits per heavy atom. The lowest BCUT2D eigenvalue weighted by atomic mass is 9.95. The number of benzene rings is 1. The van der Waals surface area contributed by atoms with Crippen molar-refractivity contribution in [2.75, 3.05) is 24.2 Å². The van der Waals surface area contributed by atoms with Crippen molar-refractivity contribution in [3.63, 3.8) is 0 Å². The number of amides is 1. The second kappa shape index (κ2) is 8.85. The third-order valence-electron chi connectivity index (χ3n) is 5.86. The molecule has 0 spiro atoms. The van der Waals surface area contributed by atoms with Gasteiger partial charge in [0.1, 0.15) is 5.82 Å². The molecular weight excluding hydrogens is 473 g/mol. The lowest BCUT2D eigenvalue weighted by Crippen LogP contribution is -2.41. The normalized spacial score (nSPS) is 16.6. The number of fused-ring (bicyclic) bond motifs is 1. The lowest BCUT2D eigenvalue weighted by Gasteiger charge is -2.32. The number of hydrogen-bond donors (Lipinski definition) is 1. The zero-order chi connectivity index (χ0) is 24.7. The van der Waals surface area contributed by atoms with Crippen LogP contribution in [0.15, 0.2) is 41.3 Å². The van der Waals surface area contributed by atoms with E-state index in [2.05, 4.69) is 20.6 Å². The average Bonchev–Trinajstić information content (AvgIpc) is 3.22. The van der Waals surface area contributed by atoms with Crippen LogP contribution in [0.1, 0.15) is 37.2 Å². The van der Waals surface area contributed by atoms with Gasteiger partial charge in [0.25, 0.3) is 5.82 Å². The highest BCUT2D eigenvalue weighted by atomic mass is 32.2. The summed E-state index contributed by atoms with van der Waals surface area (Å²) in [6.45, 7) is 2.73. The number of alkyl halides is 3. The molecule has 1 fully saturated rings. The smallest absolute Gasteiger partial charge is 0.355 e. The minimum Gasteiger partial charge on any atom is -0.355 e. The molecule has 0 unspecified atom stereocenters. The number of nitrogens with one attached hydrogen (secondary N) is 1. The topological polar surface area (TPSA) is 110 Å². The Bertz CT molecular complexity index is 1300. The molecule has 1 aliphatic heterocycles. The molecule has 13 heteroatoms. The van der Waals surface area contributed by atoms with Gasteiger partial charge in [-0.05, 0) is 49.6 Å². The van der Waals surface area contributed by atoms with Gasteiger partial charge < -0.3 is 10.2 Å². The van der Waals surface area contributed by atoms with E-state index in [1.54, 1.807) is 18.2 Å². The predicted molar refractivity (Wildman–Crippen MR) is 117 cm³/mol. The Kier molecular flexibility index (Phi) is 6.23. The van der Waals surface area contributed by atoms with E-state index in [0.717, 1.165) is 11.8 Å². The number of sulfone groups is 1. The Morgan fingerprint density at radius 3 is 2.32 bits per heavy atom. The van der Waals surface area contributed by atoms with Crippen molar-refractivity contribution in [3.8, 4) is 0 Å². The van der Waals surface area contributed by atoms with Crippen LogP contribution in [0.2, 0.25) is 0 Å². The molecule has 182 valence electrons. The first-order valence-corrected chi connectivity index (χ1v) is 12.5. The highest BCUT2D eigenvalue weighted by Gasteiger charge is 2.38. The summed E-state index contributed by atoms with van der Waals surface area (Å²) in [5.74, 6) is -1.20. The molecule has 3 aromatic rings. The van der Waals surface area contributed by atoms with Crippen molar-refractivity contribution in [2.45, 2.75) is 36.9 Å². The van der Waals surface area contributed by atoms with Gasteiger partial charge in [-0.2, -0.15) is 17.7 Å². The Balaban J connectivity index is 1.37. The summed E-state index contributed by atoms with van der Waals surface area (Å²) in [6.07, 6.45) is -2.51. The highest BCUT2D eigenvalue weighted by molar-refractivity contribution is 7.90. The van der Waals surface area contributed by atoms with Gasteiger partial charge in [0, 0.05) is 25.3 Å². The summed E-state index contributed by atoms with van der Waals surface area (Å²) in [5, 5.41) is 13.7. The van der Waals surface area contributed by atoms with E-state index in [-0.39, 0.29) is 28.4 Å². The maximum atomic E-state index is 13.1. The van der Waals surface area contributed by atoms with Gasteiger partial charge in [-0.3, -0.25) is 4.79 Å². The fraction of sp³-hybridized carbons (Fsp3) is 0.429. The Morgan fingerprint density at radius 1 is 1.09 bits per heavy atom. The van der Waals surface area contributed by atoms with Crippen molar-refractivity contribution < 1.29 is 26.4 Å². The van der Waals surface area contributed by atoms with Crippen molar-refractivity contribution >= 4 is 27.2 Å². The SMILES string of the molecule is C[C@H](NC(=O)C1CCN(c2ccc3nnc(C(F)(F)F)n3n2)CC1)c1ccc(S(C)(=O)=O)cc1. The van der Waals surface area contributed by atoms with E-state index < -0.39 is 21.8 Å². The van der Waals surface area contributed by atoms with Gasteiger partial charge in [-0.1, -0.05) is 12.1 Å². The van der Waals surface area contributed by atoms with Gasteiger partial charge in [0.2, 0.25) is 5.91 Å². The number of halogens is 3. The fourth-order valence-electron chi connectivity index (χ4n) is 3.91. The molecule has 1 saturated heterocycles. The van der Waals surface area contributed by atoms with Gasteiger partial charge in [-0.25, -0.2) is 8.42 Å². The number of carbonyl (C=O) groups is 1. The summed E-state index contributed by atoms with van der Waals surface area (Å²) >= 11 is 0. The summed E-state index contributed by atoms with van der Waals surface area (Å²) in [5.41, 5.74) is 0.786. The maximum absolute atomic E-state index is 13.1. The Labute approximate surface area is 193 Å². The molecule has 9 nitrogen and oxygen atoms in total. The largest absolute Gasteiger partial charge is 0.453 e. The zero-order valence-corrected chi connectivity index (χ0v) is 19.3. The second-order valence-corrected chi connectivity index (χ2v) is 10.3. The minimum absolute atomic E-state index is 0.00361. The second-order valence-electron chi connectivity index (χ2n) is 8.32. The standard InChI is InChI=1S/C21H23F3N6O3S/c1-13(14-3-5-16(6-4-14)34(2,32)33)25-19(31)15-9-11-29(12-10-15)18-8-7-17-26-27-20(21(22,23)24)30(17)28-18/h3-8,13,15H,9-12H2,1-2H3,(H,25,31)/t13-/m0/s1. The first-order chi connectivity index (χ1) is 15.9. The first-order valence-electron chi connectivity index (χ1n) is 10.6. The third kappa shape index (κ3) is 4.98. The molecule has 0 saturated carbocycles. The number of piperidine rings is 1. The molecule has 4 rings (SSSR count). The van der Waals surface area contributed by atoms with Gasteiger partial charge >= 0.3 is 6.18 Å². The van der Waals surface area contributed by atoms with Crippen LogP contribution in [-0.2, 0) is 20.8 Å². The van der Waals surface area contributed by atoms with Crippen LogP contribution >= 0.6 is 0 Å². The van der Waals surface area contributed by atoms with Gasteiger partial charge in [0.05, 0.1) is 10.9 Å². The average molecular weight is 497 g/mol. The van der Waals surface area contributed by atoms with Crippen LogP contribution in [0.5, 0.6) is 0 Å². The third-order valence-corrected chi connectivity index (χ3v) is 6.99. The molecule has 2 aromatic heterocycles. The van der Waals surface area contributed by atoms with Crippen molar-refractivity contribution in [2.24, 2.45) is 5.92 Å². The van der Waals surface area contributed by atoms with Gasteiger partial charge in [-0.15, -0.1) is 15.3 Å². The number of aromatic nitrogens is 4. The van der Waals surface area contributed by atoms with E-state index in [1.807, 2.05) is 11.8 Å². The van der Waals surface area contributed by atoms with Gasteiger partial charge in [0.15, 0.2) is 15.5 Å². The van der Waals surface area contributed by atoms with Crippen molar-refractivity contribution in [1.82, 2.24) is 25.1 Å². The number of carbonyl (C=O) groups excluding carboxylic acids is 1. The van der Waals surface area contributed by atoms with Crippen LogP contribution in [0, 0.1) is 5.92 Å². The van der Waals surface area contributed by atoms with Crippen LogP contribution in [0.25, 0.3) is 5.65 Å². The fourth-order valence-corrected chi connectivity index (χ4v) is 4.54. The predicted octanol–water partition coefficient (Wildman–Crippen LogP) is 2.64. The zero-order valence-electron chi connectivity index (χ0n) is 18.5. The highest BCUT2D eigenvalue weighted by Crippen LogP contribution is 2.29. The van der Waals surface area contributed by atoms with E-state index >= 15 is 0 Å². The molecule has 34 heavy (non-hydrogen) atoms. The summed E-state index contributed by atoms with van der Waals surface area (Å²) < 4.78 is 63.2. The molecule has 0 radical (unpaired) electrons. The van der Waals surface area contributed by atoms with Crippen LogP contribution in [0.3, 0.4) is 0 Å². The molecule has 1 atom stereocenters. The molecule has 1 amide bonds. The molecule has 1 N–H and O–H groups in total. The molecule has 3 heterocycles. The molecule has 1 aliphatic rings. The van der Waals surface area contributed by atoms with Crippen LogP contribution in [0.4, 0.5) is 19.0 Å². The van der Waals surface area contributed by atoms with E-state index in [0.29, 0.717) is 36.3 Å². The summed E-state index contributed by atoms with van der Waals surface area (Å²) in [4.78, 5) is 14.8. The monoisotopic (exact) mass is 496 g/mol. The summed E-state index contributed by atoms with van der Waals surface area (Å²) in [7, 11) is -3.29. The lowest BCUT2D eigenvalue weighted by molar-refractivity contribution is -0.146. The van der Waals surface area contributed by atoms with E-state index in [1.165, 1.54) is 18.2 Å². The van der Waals surface area contributed by atoms with Crippen LogP contribution < -0.4 is 10.2 Å². The summed E-state index contributed by atoms with van der Waals surface area (Å²) in [6, 6.07) is 9.08. The maximum Gasteiger partial charge on any atom is 0.453 e. The number of rotatable bonds is 5. The number of nitrogens with zero attached hydrogens (tertiary/aromatic N) is 5. The first kappa shape index (κ1) is 23.9. The van der Waals surface area contributed by atoms with Crippen molar-refractivity contribution in [1.29, 1.82) is 0 Å². The molecule has 1 aromatic carbocycles. The van der Waals surface area contributed by atoms with Crippen LogP contribution in [-0.4, -0.2) is 53.5 Å². The number of anilines is 1. The molecule has 0 bridgehead atoms. The Hall–Kier alpha value is -3.22. The van der Waals surface area contributed by atoms with Crippen molar-refractivity contribution in [3.05, 3.63) is 47.8 Å². The minimum atomic E-state index is -4.67. The quantitative estimate of drug-likeness (QED) is 0.578. The molecule has 0 aliphatic carbocycles. The van der Waals surface area contributed by atoms with E-state index in [9.17, 15) is 26.4 Å².